The monoisotopic (exact) mass is 286 g/mol. The van der Waals surface area contributed by atoms with E-state index in [2.05, 4.69) is 32.0 Å². The zero-order chi connectivity index (χ0) is 14.5. The van der Waals surface area contributed by atoms with E-state index >= 15 is 0 Å². The average molecular weight is 286 g/mol. The Morgan fingerprint density at radius 1 is 1.16 bits per heavy atom. The van der Waals surface area contributed by atoms with Gasteiger partial charge < -0.3 is 14.2 Å². The Hall–Kier alpha value is -0.670. The van der Waals surface area contributed by atoms with E-state index in [-0.39, 0.29) is 6.16 Å². The van der Waals surface area contributed by atoms with Gasteiger partial charge in [0.2, 0.25) is 0 Å². The van der Waals surface area contributed by atoms with Crippen LogP contribution in [0.15, 0.2) is 18.2 Å². The fourth-order valence-corrected chi connectivity index (χ4v) is 3.27. The van der Waals surface area contributed by atoms with Crippen molar-refractivity contribution in [2.45, 2.75) is 32.8 Å². The maximum Gasteiger partial charge on any atom is 0.332 e. The van der Waals surface area contributed by atoms with Crippen molar-refractivity contribution in [3.8, 4) is 0 Å². The van der Waals surface area contributed by atoms with Crippen molar-refractivity contribution in [1.29, 1.82) is 0 Å². The van der Waals surface area contributed by atoms with Gasteiger partial charge in [-0.25, -0.2) is 0 Å². The van der Waals surface area contributed by atoms with Crippen LogP contribution in [-0.2, 0) is 20.0 Å². The molecule has 0 aliphatic carbocycles. The Bertz CT molecular complexity index is 431. The molecule has 1 atom stereocenters. The molecular weight excluding hydrogens is 263 g/mol. The van der Waals surface area contributed by atoms with Gasteiger partial charge in [0.1, 0.15) is 0 Å². The fourth-order valence-electron chi connectivity index (χ4n) is 2.12. The number of aliphatic hydroxyl groups is 1. The first-order chi connectivity index (χ1) is 8.88. The largest absolute Gasteiger partial charge is 0.392 e. The molecule has 108 valence electrons. The SMILES string of the molecule is COP(=O)(CC(O)CCc1cc(C)cc(C)c1)OC. The molecule has 0 saturated heterocycles. The molecule has 5 heteroatoms. The first kappa shape index (κ1) is 16.4. The number of aliphatic hydroxyl groups excluding tert-OH is 1. The van der Waals surface area contributed by atoms with Crippen LogP contribution in [0.5, 0.6) is 0 Å². The van der Waals surface area contributed by atoms with Crippen LogP contribution in [0, 0.1) is 13.8 Å². The zero-order valence-electron chi connectivity index (χ0n) is 12.0. The van der Waals surface area contributed by atoms with Crippen molar-refractivity contribution in [2.75, 3.05) is 20.4 Å². The van der Waals surface area contributed by atoms with Gasteiger partial charge in [0.05, 0.1) is 12.3 Å². The molecule has 0 aliphatic rings. The summed E-state index contributed by atoms with van der Waals surface area (Å²) in [5.74, 6) is 0. The van der Waals surface area contributed by atoms with Crippen molar-refractivity contribution >= 4 is 7.60 Å². The van der Waals surface area contributed by atoms with E-state index in [1.54, 1.807) is 0 Å². The van der Waals surface area contributed by atoms with E-state index in [0.717, 1.165) is 6.42 Å². The van der Waals surface area contributed by atoms with Crippen LogP contribution in [-0.4, -0.2) is 31.6 Å². The predicted molar refractivity (Wildman–Crippen MR) is 76.7 cm³/mol. The highest BCUT2D eigenvalue weighted by Gasteiger charge is 2.25. The molecule has 0 fully saturated rings. The Morgan fingerprint density at radius 2 is 1.68 bits per heavy atom. The zero-order valence-corrected chi connectivity index (χ0v) is 12.9. The summed E-state index contributed by atoms with van der Waals surface area (Å²) >= 11 is 0. The van der Waals surface area contributed by atoms with Gasteiger partial charge >= 0.3 is 7.60 Å². The highest BCUT2D eigenvalue weighted by atomic mass is 31.2. The Kier molecular flexibility index (Phi) is 6.21. The minimum atomic E-state index is -3.13. The third kappa shape index (κ3) is 5.45. The van der Waals surface area contributed by atoms with Crippen LogP contribution in [0.25, 0.3) is 0 Å². The van der Waals surface area contributed by atoms with E-state index in [4.69, 9.17) is 9.05 Å². The third-order valence-electron chi connectivity index (χ3n) is 3.04. The minimum absolute atomic E-state index is 0.0325. The summed E-state index contributed by atoms with van der Waals surface area (Å²) < 4.78 is 21.5. The van der Waals surface area contributed by atoms with E-state index in [1.165, 1.54) is 30.9 Å². The molecule has 0 aromatic heterocycles. The van der Waals surface area contributed by atoms with Gasteiger partial charge in [0.25, 0.3) is 0 Å². The molecule has 1 rings (SSSR count). The van der Waals surface area contributed by atoms with Crippen molar-refractivity contribution in [3.05, 3.63) is 34.9 Å². The summed E-state index contributed by atoms with van der Waals surface area (Å²) in [6.07, 6.45) is 0.633. The van der Waals surface area contributed by atoms with Crippen LogP contribution in [0.4, 0.5) is 0 Å². The molecule has 0 aliphatic heterocycles. The second kappa shape index (κ2) is 7.20. The van der Waals surface area contributed by atoms with Crippen molar-refractivity contribution in [2.24, 2.45) is 0 Å². The van der Waals surface area contributed by atoms with Crippen LogP contribution in [0.1, 0.15) is 23.1 Å². The molecular formula is C14H23O4P. The Labute approximate surface area is 115 Å². The molecule has 0 amide bonds. The summed E-state index contributed by atoms with van der Waals surface area (Å²) in [5, 5.41) is 9.91. The molecule has 1 unspecified atom stereocenters. The van der Waals surface area contributed by atoms with Gasteiger partial charge in [-0.3, -0.25) is 4.57 Å². The van der Waals surface area contributed by atoms with Crippen LogP contribution >= 0.6 is 7.60 Å². The van der Waals surface area contributed by atoms with Crippen molar-refractivity contribution in [3.63, 3.8) is 0 Å². The van der Waals surface area contributed by atoms with E-state index in [0.29, 0.717) is 6.42 Å². The molecule has 0 spiro atoms. The second-order valence-corrected chi connectivity index (χ2v) is 7.16. The molecule has 0 radical (unpaired) electrons. The molecule has 0 bridgehead atoms. The lowest BCUT2D eigenvalue weighted by Gasteiger charge is -2.17. The van der Waals surface area contributed by atoms with Crippen LogP contribution < -0.4 is 0 Å². The quantitative estimate of drug-likeness (QED) is 0.783. The standard InChI is InChI=1S/C14H23O4P/c1-11-7-12(2)9-13(8-11)5-6-14(15)10-19(16,17-3)18-4/h7-9,14-15H,5-6,10H2,1-4H3. The smallest absolute Gasteiger partial charge is 0.332 e. The number of hydrogen-bond donors (Lipinski definition) is 1. The van der Waals surface area contributed by atoms with E-state index < -0.39 is 13.7 Å². The normalized spacial score (nSPS) is 13.5. The maximum absolute atomic E-state index is 11.9. The average Bonchev–Trinajstić information content (AvgIpc) is 2.35. The first-order valence-corrected chi connectivity index (χ1v) is 8.07. The highest BCUT2D eigenvalue weighted by molar-refractivity contribution is 7.53. The topological polar surface area (TPSA) is 55.8 Å². The summed E-state index contributed by atoms with van der Waals surface area (Å²) in [4.78, 5) is 0. The van der Waals surface area contributed by atoms with E-state index in [9.17, 15) is 9.67 Å². The summed E-state index contributed by atoms with van der Waals surface area (Å²) in [6.45, 7) is 4.11. The van der Waals surface area contributed by atoms with Crippen molar-refractivity contribution < 1.29 is 18.7 Å². The maximum atomic E-state index is 11.9. The molecule has 1 aromatic rings. The Balaban J connectivity index is 2.54. The van der Waals surface area contributed by atoms with Gasteiger partial charge in [-0.05, 0) is 32.3 Å². The molecule has 0 heterocycles. The van der Waals surface area contributed by atoms with Crippen LogP contribution in [0.2, 0.25) is 0 Å². The van der Waals surface area contributed by atoms with Gasteiger partial charge in [-0.1, -0.05) is 29.3 Å². The van der Waals surface area contributed by atoms with Crippen molar-refractivity contribution in [1.82, 2.24) is 0 Å². The van der Waals surface area contributed by atoms with E-state index in [1.807, 2.05) is 0 Å². The van der Waals surface area contributed by atoms with Gasteiger partial charge in [0.15, 0.2) is 0 Å². The lowest BCUT2D eigenvalue weighted by molar-refractivity contribution is 0.172. The lowest BCUT2D eigenvalue weighted by Crippen LogP contribution is -2.15. The summed E-state index contributed by atoms with van der Waals surface area (Å²) in [7, 11) is -0.459. The van der Waals surface area contributed by atoms with Gasteiger partial charge in [-0.2, -0.15) is 0 Å². The molecule has 1 N–H and O–H groups in total. The molecule has 19 heavy (non-hydrogen) atoms. The minimum Gasteiger partial charge on any atom is -0.392 e. The molecule has 0 saturated carbocycles. The van der Waals surface area contributed by atoms with Gasteiger partial charge in [-0.15, -0.1) is 0 Å². The third-order valence-corrected chi connectivity index (χ3v) is 5.02. The van der Waals surface area contributed by atoms with Crippen LogP contribution in [0.3, 0.4) is 0 Å². The number of hydrogen-bond acceptors (Lipinski definition) is 4. The number of benzene rings is 1. The highest BCUT2D eigenvalue weighted by Crippen LogP contribution is 2.47. The number of aryl methyl sites for hydroxylation is 3. The first-order valence-electron chi connectivity index (χ1n) is 6.34. The summed E-state index contributed by atoms with van der Waals surface area (Å²) in [6, 6.07) is 6.32. The lowest BCUT2D eigenvalue weighted by atomic mass is 10.0. The summed E-state index contributed by atoms with van der Waals surface area (Å²) in [5.41, 5.74) is 3.61. The number of rotatable bonds is 7. The second-order valence-electron chi connectivity index (χ2n) is 4.85. The predicted octanol–water partition coefficient (Wildman–Crippen LogP) is 3.08. The molecule has 1 aromatic carbocycles. The fraction of sp³-hybridized carbons (Fsp3) is 0.571. The Morgan fingerprint density at radius 3 is 2.16 bits per heavy atom. The van der Waals surface area contributed by atoms with Gasteiger partial charge in [0, 0.05) is 14.2 Å². The molecule has 4 nitrogen and oxygen atoms in total.